The van der Waals surface area contributed by atoms with Gasteiger partial charge in [-0.15, -0.1) is 0 Å². The molecule has 1 N–H and O–H groups in total. The van der Waals surface area contributed by atoms with E-state index in [9.17, 15) is 13.2 Å². The highest BCUT2D eigenvalue weighted by Gasteiger charge is 2.34. The SMILES string of the molecule is CCC(=O)N1N=C(c2ccccc2NS(C)(=O)=O)CC1c1ccco1. The Morgan fingerprint density at radius 3 is 2.72 bits per heavy atom. The molecule has 1 aliphatic heterocycles. The number of rotatable bonds is 5. The minimum absolute atomic E-state index is 0.120. The lowest BCUT2D eigenvalue weighted by Crippen LogP contribution is -2.25. The van der Waals surface area contributed by atoms with Crippen molar-refractivity contribution in [3.05, 3.63) is 54.0 Å². The van der Waals surface area contributed by atoms with E-state index in [-0.39, 0.29) is 11.9 Å². The number of nitrogens with zero attached hydrogens (tertiary/aromatic N) is 2. The van der Waals surface area contributed by atoms with E-state index in [1.165, 1.54) is 5.01 Å². The Bertz CT molecular complexity index is 904. The number of carbonyl (C=O) groups is 1. The van der Waals surface area contributed by atoms with Crippen LogP contribution in [-0.4, -0.2) is 31.3 Å². The molecular weight excluding hydrogens is 342 g/mol. The van der Waals surface area contributed by atoms with E-state index >= 15 is 0 Å². The molecule has 0 saturated carbocycles. The molecule has 0 radical (unpaired) electrons. The summed E-state index contributed by atoms with van der Waals surface area (Å²) in [6, 6.07) is 10.2. The van der Waals surface area contributed by atoms with Gasteiger partial charge in [0.25, 0.3) is 0 Å². The predicted octanol–water partition coefficient (Wildman–Crippen LogP) is 2.74. The molecule has 8 heteroatoms. The molecule has 0 bridgehead atoms. The van der Waals surface area contributed by atoms with E-state index in [1.807, 2.05) is 0 Å². The third-order valence-electron chi connectivity index (χ3n) is 3.87. The molecule has 1 aromatic carbocycles. The van der Waals surface area contributed by atoms with Crippen molar-refractivity contribution in [1.29, 1.82) is 0 Å². The summed E-state index contributed by atoms with van der Waals surface area (Å²) in [6.45, 7) is 1.77. The van der Waals surface area contributed by atoms with Crippen LogP contribution in [0.1, 0.15) is 37.1 Å². The van der Waals surface area contributed by atoms with Crippen LogP contribution in [0.5, 0.6) is 0 Å². The van der Waals surface area contributed by atoms with E-state index in [0.717, 1.165) is 6.26 Å². The normalized spacial score (nSPS) is 17.4. The number of sulfonamides is 1. The van der Waals surface area contributed by atoms with Crippen molar-refractivity contribution in [3.8, 4) is 0 Å². The maximum absolute atomic E-state index is 12.3. The summed E-state index contributed by atoms with van der Waals surface area (Å²) in [6.07, 6.45) is 3.42. The van der Waals surface area contributed by atoms with Gasteiger partial charge in [0, 0.05) is 18.4 Å². The van der Waals surface area contributed by atoms with Gasteiger partial charge in [0.05, 0.1) is 23.9 Å². The maximum Gasteiger partial charge on any atom is 0.243 e. The largest absolute Gasteiger partial charge is 0.467 e. The van der Waals surface area contributed by atoms with Gasteiger partial charge in [0.15, 0.2) is 0 Å². The highest BCUT2D eigenvalue weighted by atomic mass is 32.2. The molecule has 1 atom stereocenters. The fourth-order valence-electron chi connectivity index (χ4n) is 2.79. The first-order valence-corrected chi connectivity index (χ1v) is 9.78. The van der Waals surface area contributed by atoms with Crippen molar-refractivity contribution in [3.63, 3.8) is 0 Å². The summed E-state index contributed by atoms with van der Waals surface area (Å²) in [7, 11) is -3.42. The molecule has 0 aliphatic carbocycles. The summed E-state index contributed by atoms with van der Waals surface area (Å²) in [5, 5.41) is 5.88. The van der Waals surface area contributed by atoms with Crippen molar-refractivity contribution in [1.82, 2.24) is 5.01 Å². The van der Waals surface area contributed by atoms with Gasteiger partial charge >= 0.3 is 0 Å². The van der Waals surface area contributed by atoms with Crippen molar-refractivity contribution in [2.75, 3.05) is 11.0 Å². The minimum atomic E-state index is -3.42. The molecular formula is C17H19N3O4S. The molecule has 0 spiro atoms. The second-order valence-corrected chi connectivity index (χ2v) is 7.54. The topological polar surface area (TPSA) is 92.0 Å². The second-order valence-electron chi connectivity index (χ2n) is 5.79. The van der Waals surface area contributed by atoms with Crippen LogP contribution in [0.2, 0.25) is 0 Å². The molecule has 2 aromatic rings. The Morgan fingerprint density at radius 1 is 1.32 bits per heavy atom. The molecule has 1 aromatic heterocycles. The van der Waals surface area contributed by atoms with Crippen LogP contribution in [-0.2, 0) is 14.8 Å². The number of carbonyl (C=O) groups excluding carboxylic acids is 1. The quantitative estimate of drug-likeness (QED) is 0.886. The number of hydrogen-bond donors (Lipinski definition) is 1. The number of hydrazone groups is 1. The van der Waals surface area contributed by atoms with E-state index in [4.69, 9.17) is 4.42 Å². The number of para-hydroxylation sites is 1. The second kappa shape index (κ2) is 6.72. The number of furan rings is 1. The third-order valence-corrected chi connectivity index (χ3v) is 4.46. The van der Waals surface area contributed by atoms with Crippen LogP contribution in [0.25, 0.3) is 0 Å². The van der Waals surface area contributed by atoms with Crippen molar-refractivity contribution in [2.45, 2.75) is 25.8 Å². The monoisotopic (exact) mass is 361 g/mol. The number of anilines is 1. The van der Waals surface area contributed by atoms with Gasteiger partial charge in [-0.25, -0.2) is 13.4 Å². The van der Waals surface area contributed by atoms with Gasteiger partial charge in [-0.1, -0.05) is 25.1 Å². The van der Waals surface area contributed by atoms with Gasteiger partial charge < -0.3 is 4.42 Å². The van der Waals surface area contributed by atoms with Crippen LogP contribution in [0.3, 0.4) is 0 Å². The fraction of sp³-hybridized carbons (Fsp3) is 0.294. The van der Waals surface area contributed by atoms with Gasteiger partial charge in [0.1, 0.15) is 11.8 Å². The number of amides is 1. The Labute approximate surface area is 146 Å². The highest BCUT2D eigenvalue weighted by molar-refractivity contribution is 7.92. The predicted molar refractivity (Wildman–Crippen MR) is 94.6 cm³/mol. The molecule has 0 saturated heterocycles. The molecule has 7 nitrogen and oxygen atoms in total. The van der Waals surface area contributed by atoms with Crippen LogP contribution < -0.4 is 4.72 Å². The average Bonchev–Trinajstić information content (AvgIpc) is 3.22. The Hall–Kier alpha value is -2.61. The molecule has 0 fully saturated rings. The number of nitrogens with one attached hydrogen (secondary N) is 1. The zero-order valence-corrected chi connectivity index (χ0v) is 14.8. The summed E-state index contributed by atoms with van der Waals surface area (Å²) in [5.41, 5.74) is 1.72. The number of hydrogen-bond acceptors (Lipinski definition) is 5. The van der Waals surface area contributed by atoms with Crippen molar-refractivity contribution >= 4 is 27.3 Å². The molecule has 132 valence electrons. The van der Waals surface area contributed by atoms with E-state index < -0.39 is 10.0 Å². The van der Waals surface area contributed by atoms with E-state index in [2.05, 4.69) is 9.82 Å². The van der Waals surface area contributed by atoms with E-state index in [1.54, 1.807) is 49.6 Å². The van der Waals surface area contributed by atoms with Crippen LogP contribution in [0.4, 0.5) is 5.69 Å². The van der Waals surface area contributed by atoms with Gasteiger partial charge in [-0.05, 0) is 18.2 Å². The highest BCUT2D eigenvalue weighted by Crippen LogP contribution is 2.35. The number of benzene rings is 1. The van der Waals surface area contributed by atoms with E-state index in [0.29, 0.717) is 35.6 Å². The van der Waals surface area contributed by atoms with Gasteiger partial charge in [-0.2, -0.15) is 5.10 Å². The zero-order chi connectivity index (χ0) is 18.0. The third kappa shape index (κ3) is 3.74. The van der Waals surface area contributed by atoms with Crippen LogP contribution >= 0.6 is 0 Å². The zero-order valence-electron chi connectivity index (χ0n) is 14.0. The first kappa shape index (κ1) is 17.2. The summed E-state index contributed by atoms with van der Waals surface area (Å²) >= 11 is 0. The Balaban J connectivity index is 1.99. The molecule has 25 heavy (non-hydrogen) atoms. The molecule has 3 rings (SSSR count). The van der Waals surface area contributed by atoms with Crippen molar-refractivity contribution in [2.24, 2.45) is 5.10 Å². The lowest BCUT2D eigenvalue weighted by atomic mass is 10.0. The fourth-order valence-corrected chi connectivity index (χ4v) is 3.37. The molecule has 1 amide bonds. The average molecular weight is 361 g/mol. The van der Waals surface area contributed by atoms with Crippen molar-refractivity contribution < 1.29 is 17.6 Å². The lowest BCUT2D eigenvalue weighted by molar-refractivity contribution is -0.133. The summed E-state index contributed by atoms with van der Waals surface area (Å²) < 4.78 is 31.2. The Morgan fingerprint density at radius 2 is 2.08 bits per heavy atom. The summed E-state index contributed by atoms with van der Waals surface area (Å²) in [4.78, 5) is 12.3. The molecule has 2 heterocycles. The first-order valence-electron chi connectivity index (χ1n) is 7.89. The maximum atomic E-state index is 12.3. The minimum Gasteiger partial charge on any atom is -0.467 e. The molecule has 1 unspecified atom stereocenters. The molecule has 1 aliphatic rings. The summed E-state index contributed by atoms with van der Waals surface area (Å²) in [5.74, 6) is 0.527. The van der Waals surface area contributed by atoms with Gasteiger partial charge in [0.2, 0.25) is 15.9 Å². The van der Waals surface area contributed by atoms with Crippen LogP contribution in [0, 0.1) is 0 Å². The smallest absolute Gasteiger partial charge is 0.243 e. The Kier molecular flexibility index (Phi) is 4.63. The standard InChI is InChI=1S/C17H19N3O4S/c1-3-17(21)20-15(16-9-6-10-24-16)11-14(18-20)12-7-4-5-8-13(12)19-25(2,22)23/h4-10,15,19H,3,11H2,1-2H3. The van der Waals surface area contributed by atoms with Gasteiger partial charge in [-0.3, -0.25) is 9.52 Å². The first-order chi connectivity index (χ1) is 11.9. The van der Waals surface area contributed by atoms with Crippen LogP contribution in [0.15, 0.2) is 52.2 Å². The lowest BCUT2D eigenvalue weighted by Gasteiger charge is -2.18.